The molecular weight excluding hydrogens is 905 g/mol. The monoisotopic (exact) mass is 974 g/mol. The summed E-state index contributed by atoms with van der Waals surface area (Å²) in [4.78, 5) is 115. The second-order valence-corrected chi connectivity index (χ2v) is 15.3. The van der Waals surface area contributed by atoms with E-state index < -0.39 is 92.8 Å². The molecule has 69 heavy (non-hydrogen) atoms. The van der Waals surface area contributed by atoms with Crippen LogP contribution in [0.15, 0.2) is 6.20 Å². The molecule has 21 nitrogen and oxygen atoms in total. The quantitative estimate of drug-likeness (QED) is 0.0424. The summed E-state index contributed by atoms with van der Waals surface area (Å²) in [6, 6.07) is 0. The van der Waals surface area contributed by atoms with Gasteiger partial charge in [0.2, 0.25) is 0 Å². The molecule has 0 aromatic carbocycles. The lowest BCUT2D eigenvalue weighted by Gasteiger charge is -2.10. The molecule has 3 unspecified atom stereocenters. The van der Waals surface area contributed by atoms with Crippen molar-refractivity contribution in [3.8, 4) is 0 Å². The summed E-state index contributed by atoms with van der Waals surface area (Å²) in [5.41, 5.74) is 1.57. The summed E-state index contributed by atoms with van der Waals surface area (Å²) in [5.74, 6) is -5.56. The van der Waals surface area contributed by atoms with Crippen LogP contribution in [0.25, 0.3) is 0 Å². The van der Waals surface area contributed by atoms with Gasteiger partial charge in [-0.1, -0.05) is 0 Å². The molecule has 5 N–H and O–H groups in total. The third-order valence-electron chi connectivity index (χ3n) is 11.4. The van der Waals surface area contributed by atoms with Crippen LogP contribution >= 0.6 is 0 Å². The first kappa shape index (κ1) is 48.3. The van der Waals surface area contributed by atoms with E-state index >= 15 is 0 Å². The van der Waals surface area contributed by atoms with Gasteiger partial charge < -0.3 is 62.9 Å². The summed E-state index contributed by atoms with van der Waals surface area (Å²) in [7, 11) is 9.31. The van der Waals surface area contributed by atoms with Crippen LogP contribution in [0.5, 0.6) is 0 Å². The summed E-state index contributed by atoms with van der Waals surface area (Å²) >= 11 is 0. The largest absolute Gasteiger partial charge is 0.469 e. The van der Waals surface area contributed by atoms with Crippen LogP contribution in [0, 0.1) is 0 Å². The van der Waals surface area contributed by atoms with Gasteiger partial charge in [0.15, 0.2) is 0 Å². The zero-order valence-electron chi connectivity index (χ0n) is 43.9. The van der Waals surface area contributed by atoms with E-state index in [0.29, 0.717) is 11.1 Å². The molecule has 4 aromatic heterocycles. The molecule has 0 aliphatic heterocycles. The van der Waals surface area contributed by atoms with Gasteiger partial charge in [0.1, 0.15) is 0 Å². The number of aliphatic hydroxyl groups excluding tert-OH is 1. The minimum absolute atomic E-state index is 0.0235. The lowest BCUT2D eigenvalue weighted by Crippen LogP contribution is -2.11. The van der Waals surface area contributed by atoms with Crippen LogP contribution in [0.1, 0.15) is 116 Å². The van der Waals surface area contributed by atoms with Crippen molar-refractivity contribution in [1.29, 1.82) is 0 Å². The van der Waals surface area contributed by atoms with E-state index in [9.17, 15) is 47.6 Å². The fourth-order valence-corrected chi connectivity index (χ4v) is 7.75. The van der Waals surface area contributed by atoms with Crippen molar-refractivity contribution in [2.24, 2.45) is 0 Å². The van der Waals surface area contributed by atoms with Crippen molar-refractivity contribution < 1.29 is 86.8 Å². The molecule has 376 valence electrons. The van der Waals surface area contributed by atoms with Gasteiger partial charge in [0, 0.05) is 95.0 Å². The zero-order chi connectivity index (χ0) is 54.3. The Morgan fingerprint density at radius 2 is 0.667 bits per heavy atom. The average molecular weight is 975 g/mol. The Labute approximate surface area is 404 Å². The maximum absolute atomic E-state index is 13.3. The van der Waals surface area contributed by atoms with Gasteiger partial charge in [-0.25, -0.2) is 0 Å². The van der Waals surface area contributed by atoms with Crippen LogP contribution in [0.4, 0.5) is 0 Å². The zero-order valence-corrected chi connectivity index (χ0v) is 39.9. The van der Waals surface area contributed by atoms with E-state index in [1.807, 2.05) is 0 Å². The average Bonchev–Trinajstić information content (AvgIpc) is 4.16. The fraction of sp³-hybridized carbons (Fsp3) is 0.500. The van der Waals surface area contributed by atoms with Gasteiger partial charge in [0.05, 0.1) is 90.5 Å². The number of carbonyl (C=O) groups excluding carboxylic acids is 8. The number of hydrogen-bond donors (Lipinski definition) is 5. The van der Waals surface area contributed by atoms with Crippen LogP contribution in [-0.4, -0.2) is 130 Å². The highest BCUT2D eigenvalue weighted by Crippen LogP contribution is 2.33. The summed E-state index contributed by atoms with van der Waals surface area (Å²) in [5, 5.41) is 10.6. The van der Waals surface area contributed by atoms with Gasteiger partial charge in [-0.15, -0.1) is 0 Å². The van der Waals surface area contributed by atoms with Crippen LogP contribution in [0.3, 0.4) is 0 Å². The number of methoxy groups -OCH3 is 8. The third-order valence-corrected chi connectivity index (χ3v) is 11.4. The van der Waals surface area contributed by atoms with Gasteiger partial charge in [-0.05, 0) is 70.2 Å². The van der Waals surface area contributed by atoms with Gasteiger partial charge in [0.25, 0.3) is 0 Å². The molecule has 0 bridgehead atoms. The summed E-state index contributed by atoms with van der Waals surface area (Å²) < 4.78 is 77.4. The maximum Gasteiger partial charge on any atom is 0.310 e. The second kappa shape index (κ2) is 26.4. The second-order valence-electron chi connectivity index (χ2n) is 15.3. The molecule has 4 heterocycles. The number of rotatable bonds is 27. The number of hydrogen-bond acceptors (Lipinski definition) is 17. The normalized spacial score (nSPS) is 13.6. The summed E-state index contributed by atoms with van der Waals surface area (Å²) in [6.07, 6.45) is -6.41. The van der Waals surface area contributed by atoms with Crippen LogP contribution in [-0.2, 0) is 153 Å². The Bertz CT molecular complexity index is 2650. The molecule has 0 saturated heterocycles. The molecular formula is C48H62N4O17. The predicted molar refractivity (Wildman–Crippen MR) is 242 cm³/mol. The van der Waals surface area contributed by atoms with Crippen molar-refractivity contribution >= 4 is 47.8 Å². The molecule has 0 aliphatic carbocycles. The highest BCUT2D eigenvalue weighted by molar-refractivity contribution is 5.77. The maximum atomic E-state index is 13.3. The Balaban J connectivity index is 2.13. The van der Waals surface area contributed by atoms with E-state index in [-0.39, 0.29) is 131 Å². The van der Waals surface area contributed by atoms with Gasteiger partial charge in [-0.3, -0.25) is 38.4 Å². The van der Waals surface area contributed by atoms with Crippen molar-refractivity contribution in [3.63, 3.8) is 0 Å². The predicted octanol–water partition coefficient (Wildman–Crippen LogP) is 2.55. The molecule has 0 radical (unpaired) electrons. The SMILES string of the molecule is [3H]C(c1[nH]cc(CCC(=O)OC)c1CC(=O)OC)c1[nH]c(C([3H])c2[nH]c(C([3H])c3[nH]c([C@@H]([3H])O)c(CC(=O)OC)c3CCC(=O)OC)c(CC(=O)OC)c2CCC(=O)OC)c(CC(=O)OC)c1CCC(=O)OC. The smallest absolute Gasteiger partial charge is 0.310 e. The van der Waals surface area contributed by atoms with Gasteiger partial charge >= 0.3 is 47.8 Å². The van der Waals surface area contributed by atoms with E-state index in [2.05, 4.69) is 19.9 Å². The van der Waals surface area contributed by atoms with Crippen molar-refractivity contribution in [2.45, 2.75) is 103 Å². The Hall–Kier alpha value is -7.16. The van der Waals surface area contributed by atoms with Crippen LogP contribution < -0.4 is 0 Å². The first-order valence-electron chi connectivity index (χ1n) is 23.9. The Kier molecular flexibility index (Phi) is 18.5. The number of ether oxygens (including phenoxy) is 8. The van der Waals surface area contributed by atoms with Crippen molar-refractivity contribution in [1.82, 2.24) is 19.9 Å². The molecule has 0 spiro atoms. The third kappa shape index (κ3) is 14.7. The first-order chi connectivity index (χ1) is 34.7. The number of aryl methyl sites for hydroxylation is 1. The molecule has 0 aliphatic rings. The van der Waals surface area contributed by atoms with E-state index in [4.69, 9.17) is 39.3 Å². The van der Waals surface area contributed by atoms with Crippen molar-refractivity contribution in [3.05, 3.63) is 90.6 Å². The van der Waals surface area contributed by atoms with E-state index in [1.165, 1.54) is 34.6 Å². The van der Waals surface area contributed by atoms with Crippen molar-refractivity contribution in [2.75, 3.05) is 56.9 Å². The highest BCUT2D eigenvalue weighted by Gasteiger charge is 2.29. The molecule has 0 fully saturated rings. The number of carbonyl (C=O) groups is 8. The Morgan fingerprint density at radius 1 is 0.391 bits per heavy atom. The van der Waals surface area contributed by atoms with E-state index in [1.54, 1.807) is 0 Å². The van der Waals surface area contributed by atoms with E-state index in [0.717, 1.165) is 28.4 Å². The number of H-pyrrole nitrogens is 4. The number of aliphatic hydroxyl groups is 1. The molecule has 4 aromatic rings. The minimum atomic E-state index is -1.97. The number of nitrogens with one attached hydrogen (secondary N) is 4. The highest BCUT2D eigenvalue weighted by atomic mass is 16.5. The van der Waals surface area contributed by atoms with Crippen LogP contribution in [0.2, 0.25) is 0 Å². The number of aromatic nitrogens is 4. The lowest BCUT2D eigenvalue weighted by atomic mass is 9.94. The minimum Gasteiger partial charge on any atom is -0.469 e. The Morgan fingerprint density at radius 3 is 1.00 bits per heavy atom. The lowest BCUT2D eigenvalue weighted by molar-refractivity contribution is -0.141. The standard InChI is InChI=1S/C48H62N4O17/c1-62-41(54)13-9-26-24-49-34(30(26)17-45(58)66-5)21-35-27(10-14-42(55)63-2)31(18-46(59)67-6)38(50-35)22-36-28(11-15-43(56)64-3)32(19-47(60)68-7)39(51-36)23-37-29(12-16-44(57)65-4)33(20-48(61)69-8)40(25-53)52-37/h24,49-53H,9-23,25H2,1-8H3/i21T,22T,23T,25T/t21?,22?,23?,25-/m1/s1. The molecule has 4 rings (SSSR count). The topological polar surface area (TPSA) is 294 Å². The molecule has 4 atom stereocenters. The number of aromatic amines is 4. The first-order valence-corrected chi connectivity index (χ1v) is 21.5. The fourth-order valence-electron chi connectivity index (χ4n) is 7.75. The molecule has 21 heteroatoms. The number of esters is 8. The van der Waals surface area contributed by atoms with Gasteiger partial charge in [-0.2, -0.15) is 0 Å². The summed E-state index contributed by atoms with van der Waals surface area (Å²) in [6.45, 7) is -1.97. The molecule has 0 saturated carbocycles. The molecule has 0 amide bonds.